The van der Waals surface area contributed by atoms with Gasteiger partial charge in [-0.2, -0.15) is 0 Å². The van der Waals surface area contributed by atoms with Crippen LogP contribution in [0.1, 0.15) is 35.4 Å². The summed E-state index contributed by atoms with van der Waals surface area (Å²) in [5, 5.41) is 4.54. The number of halogens is 1. The van der Waals surface area contributed by atoms with Crippen LogP contribution in [0.25, 0.3) is 0 Å². The normalized spacial score (nSPS) is 21.5. The van der Waals surface area contributed by atoms with Gasteiger partial charge in [0.15, 0.2) is 0 Å². The number of benzene rings is 2. The highest BCUT2D eigenvalue weighted by Crippen LogP contribution is 2.39. The third-order valence-electron chi connectivity index (χ3n) is 4.20. The van der Waals surface area contributed by atoms with Crippen LogP contribution in [0.4, 0.5) is 0 Å². The van der Waals surface area contributed by atoms with Gasteiger partial charge in [0.05, 0.1) is 0 Å². The Hall–Kier alpha value is -1.31. The lowest BCUT2D eigenvalue weighted by Crippen LogP contribution is -2.39. The van der Waals surface area contributed by atoms with Crippen LogP contribution in [0, 0.1) is 6.92 Å². The molecule has 0 aromatic heterocycles. The minimum Gasteiger partial charge on any atom is -0.310 e. The smallest absolute Gasteiger partial charge is 0.0440 e. The fourth-order valence-corrected chi connectivity index (χ4v) is 3.10. The number of aryl methyl sites for hydroxylation is 1. The zero-order valence-electron chi connectivity index (χ0n) is 11.8. The Balaban J connectivity index is 1.49. The molecule has 0 radical (unpaired) electrons. The second kappa shape index (κ2) is 5.99. The van der Waals surface area contributed by atoms with Crippen molar-refractivity contribution in [3.05, 3.63) is 70.2 Å². The first-order valence-electron chi connectivity index (χ1n) is 7.26. The Morgan fingerprint density at radius 3 is 2.45 bits per heavy atom. The Morgan fingerprint density at radius 1 is 1.05 bits per heavy atom. The van der Waals surface area contributed by atoms with E-state index in [9.17, 15) is 0 Å². The summed E-state index contributed by atoms with van der Waals surface area (Å²) in [6, 6.07) is 17.6. The number of nitrogens with one attached hydrogen (secondary N) is 1. The fraction of sp³-hybridized carbons (Fsp3) is 0.333. The predicted molar refractivity (Wildman–Crippen MR) is 85.2 cm³/mol. The van der Waals surface area contributed by atoms with E-state index in [1.165, 1.54) is 29.5 Å². The maximum Gasteiger partial charge on any atom is 0.0440 e. The van der Waals surface area contributed by atoms with Crippen molar-refractivity contribution in [1.82, 2.24) is 5.32 Å². The fourth-order valence-electron chi connectivity index (χ4n) is 2.81. The van der Waals surface area contributed by atoms with Crippen LogP contribution in [0.15, 0.2) is 48.5 Å². The van der Waals surface area contributed by atoms with Gasteiger partial charge in [-0.1, -0.05) is 59.6 Å². The van der Waals surface area contributed by atoms with Gasteiger partial charge >= 0.3 is 0 Å². The van der Waals surface area contributed by atoms with Crippen LogP contribution < -0.4 is 5.32 Å². The lowest BCUT2D eigenvalue weighted by Gasteiger charge is -2.37. The average Bonchev–Trinajstić information content (AvgIpc) is 2.41. The van der Waals surface area contributed by atoms with Gasteiger partial charge in [-0.3, -0.25) is 0 Å². The highest BCUT2D eigenvalue weighted by molar-refractivity contribution is 6.31. The molecule has 0 amide bonds. The van der Waals surface area contributed by atoms with Gasteiger partial charge in [-0.25, -0.2) is 0 Å². The molecule has 1 nitrogen and oxygen atoms in total. The molecule has 1 aliphatic rings. The molecule has 0 saturated heterocycles. The predicted octanol–water partition coefficient (Wildman–Crippen LogP) is 4.68. The van der Waals surface area contributed by atoms with Crippen LogP contribution >= 0.6 is 11.6 Å². The number of hydrogen-bond acceptors (Lipinski definition) is 1. The molecule has 0 spiro atoms. The lowest BCUT2D eigenvalue weighted by molar-refractivity contribution is 0.289. The van der Waals surface area contributed by atoms with E-state index in [4.69, 9.17) is 11.6 Å². The van der Waals surface area contributed by atoms with Crippen molar-refractivity contribution >= 4 is 11.6 Å². The summed E-state index contributed by atoms with van der Waals surface area (Å²) in [6.45, 7) is 3.08. The van der Waals surface area contributed by atoms with Crippen LogP contribution in [0.3, 0.4) is 0 Å². The molecular weight excluding hydrogens is 266 g/mol. The zero-order chi connectivity index (χ0) is 13.9. The molecular formula is C18H20ClN. The summed E-state index contributed by atoms with van der Waals surface area (Å²) < 4.78 is 0. The van der Waals surface area contributed by atoms with Crippen molar-refractivity contribution in [3.63, 3.8) is 0 Å². The summed E-state index contributed by atoms with van der Waals surface area (Å²) in [5.41, 5.74) is 3.98. The van der Waals surface area contributed by atoms with Gasteiger partial charge in [0.1, 0.15) is 0 Å². The van der Waals surface area contributed by atoms with Crippen LogP contribution in [-0.2, 0) is 6.54 Å². The van der Waals surface area contributed by atoms with Gasteiger partial charge < -0.3 is 5.32 Å². The van der Waals surface area contributed by atoms with Gasteiger partial charge in [0, 0.05) is 17.6 Å². The van der Waals surface area contributed by atoms with Crippen molar-refractivity contribution < 1.29 is 0 Å². The SMILES string of the molecule is Cc1ccc(CNC2CC(c3ccccc3Cl)C2)cc1. The number of rotatable bonds is 4. The minimum absolute atomic E-state index is 0.623. The van der Waals surface area contributed by atoms with Crippen molar-refractivity contribution in [2.45, 2.75) is 38.3 Å². The van der Waals surface area contributed by atoms with E-state index in [0.717, 1.165) is 11.6 Å². The topological polar surface area (TPSA) is 12.0 Å². The average molecular weight is 286 g/mol. The quantitative estimate of drug-likeness (QED) is 0.860. The molecule has 3 rings (SSSR count). The van der Waals surface area contributed by atoms with E-state index >= 15 is 0 Å². The van der Waals surface area contributed by atoms with Gasteiger partial charge in [-0.15, -0.1) is 0 Å². The monoisotopic (exact) mass is 285 g/mol. The van der Waals surface area contributed by atoms with E-state index in [-0.39, 0.29) is 0 Å². The Kier molecular flexibility index (Phi) is 4.09. The van der Waals surface area contributed by atoms with Crippen LogP contribution in [0.2, 0.25) is 5.02 Å². The van der Waals surface area contributed by atoms with Gasteiger partial charge in [0.2, 0.25) is 0 Å². The molecule has 2 heteroatoms. The molecule has 0 bridgehead atoms. The maximum absolute atomic E-state index is 6.25. The molecule has 1 aliphatic carbocycles. The van der Waals surface area contributed by atoms with Gasteiger partial charge in [-0.05, 0) is 42.9 Å². The summed E-state index contributed by atoms with van der Waals surface area (Å²) >= 11 is 6.25. The summed E-state index contributed by atoms with van der Waals surface area (Å²) in [6.07, 6.45) is 2.38. The molecule has 0 atom stereocenters. The van der Waals surface area contributed by atoms with Crippen LogP contribution in [0.5, 0.6) is 0 Å². The molecule has 1 saturated carbocycles. The second-order valence-electron chi connectivity index (χ2n) is 5.75. The Bertz CT molecular complexity index is 570. The Labute approximate surface area is 126 Å². The Morgan fingerprint density at radius 2 is 1.75 bits per heavy atom. The molecule has 0 unspecified atom stereocenters. The van der Waals surface area contributed by atoms with Crippen molar-refractivity contribution in [2.24, 2.45) is 0 Å². The molecule has 0 aliphatic heterocycles. The third-order valence-corrected chi connectivity index (χ3v) is 4.54. The minimum atomic E-state index is 0.623. The third kappa shape index (κ3) is 3.05. The van der Waals surface area contributed by atoms with E-state index < -0.39 is 0 Å². The van der Waals surface area contributed by atoms with E-state index in [1.54, 1.807) is 0 Å². The van der Waals surface area contributed by atoms with Crippen molar-refractivity contribution in [1.29, 1.82) is 0 Å². The first kappa shape index (κ1) is 13.7. The zero-order valence-corrected chi connectivity index (χ0v) is 12.5. The molecule has 1 fully saturated rings. The molecule has 1 N–H and O–H groups in total. The molecule has 2 aromatic carbocycles. The molecule has 0 heterocycles. The van der Waals surface area contributed by atoms with Crippen molar-refractivity contribution in [2.75, 3.05) is 0 Å². The maximum atomic E-state index is 6.25. The standard InChI is InChI=1S/C18H20ClN/c1-13-6-8-14(9-7-13)12-20-16-10-15(11-16)17-4-2-3-5-18(17)19/h2-9,15-16,20H,10-12H2,1H3. The van der Waals surface area contributed by atoms with Crippen molar-refractivity contribution in [3.8, 4) is 0 Å². The lowest BCUT2D eigenvalue weighted by atomic mass is 9.76. The summed E-state index contributed by atoms with van der Waals surface area (Å²) in [5.74, 6) is 0.624. The highest BCUT2D eigenvalue weighted by Gasteiger charge is 2.30. The molecule has 2 aromatic rings. The first-order valence-corrected chi connectivity index (χ1v) is 7.63. The van der Waals surface area contributed by atoms with Crippen LogP contribution in [-0.4, -0.2) is 6.04 Å². The van der Waals surface area contributed by atoms with E-state index in [1.807, 2.05) is 12.1 Å². The first-order chi connectivity index (χ1) is 9.72. The summed E-state index contributed by atoms with van der Waals surface area (Å²) in [4.78, 5) is 0. The second-order valence-corrected chi connectivity index (χ2v) is 6.16. The van der Waals surface area contributed by atoms with E-state index in [2.05, 4.69) is 48.6 Å². The van der Waals surface area contributed by atoms with E-state index in [0.29, 0.717) is 12.0 Å². The largest absolute Gasteiger partial charge is 0.310 e. The molecule has 20 heavy (non-hydrogen) atoms. The summed E-state index contributed by atoms with van der Waals surface area (Å²) in [7, 11) is 0. The number of hydrogen-bond donors (Lipinski definition) is 1. The highest BCUT2D eigenvalue weighted by atomic mass is 35.5. The molecule has 104 valence electrons. The van der Waals surface area contributed by atoms with Gasteiger partial charge in [0.25, 0.3) is 0 Å².